The molecule has 0 saturated carbocycles. The monoisotopic (exact) mass is 642 g/mol. The van der Waals surface area contributed by atoms with Crippen LogP contribution < -0.4 is 22.1 Å². The molecule has 1 aliphatic rings. The number of hydrogen-bond acceptors (Lipinski definition) is 8. The van der Waals surface area contributed by atoms with Crippen LogP contribution in [0.2, 0.25) is 0 Å². The van der Waals surface area contributed by atoms with Gasteiger partial charge >= 0.3 is 6.03 Å². The lowest BCUT2D eigenvalue weighted by atomic mass is 10.00. The second kappa shape index (κ2) is 15.6. The summed E-state index contributed by atoms with van der Waals surface area (Å²) >= 11 is 0. The van der Waals surface area contributed by atoms with Crippen LogP contribution in [-0.4, -0.2) is 71.0 Å². The van der Waals surface area contributed by atoms with Gasteiger partial charge in [0.15, 0.2) is 0 Å². The molecule has 0 radical (unpaired) electrons. The van der Waals surface area contributed by atoms with Crippen molar-refractivity contribution < 1.29 is 19.3 Å². The predicted molar refractivity (Wildman–Crippen MR) is 183 cm³/mol. The average Bonchev–Trinajstić information content (AvgIpc) is 3.25. The maximum Gasteiger partial charge on any atom is 0.318 e. The number of benzene rings is 3. The maximum atomic E-state index is 13.6. The fraction of sp³-hybridized carbons (Fsp3) is 0.294. The van der Waals surface area contributed by atoms with Crippen LogP contribution in [0.3, 0.4) is 0 Å². The lowest BCUT2D eigenvalue weighted by Crippen LogP contribution is -2.52. The number of amides is 3. The van der Waals surface area contributed by atoms with E-state index in [4.69, 9.17) is 11.5 Å². The van der Waals surface area contributed by atoms with Crippen molar-refractivity contribution in [3.8, 4) is 0 Å². The Morgan fingerprint density at radius 3 is 2.21 bits per heavy atom. The van der Waals surface area contributed by atoms with E-state index in [1.807, 2.05) is 63.2 Å². The summed E-state index contributed by atoms with van der Waals surface area (Å²) in [4.78, 5) is 54.2. The summed E-state index contributed by atoms with van der Waals surface area (Å²) in [6.07, 6.45) is 0. The Hall–Kier alpha value is -5.56. The third kappa shape index (κ3) is 9.71. The van der Waals surface area contributed by atoms with Gasteiger partial charge in [-0.15, -0.1) is 0 Å². The van der Waals surface area contributed by atoms with Crippen LogP contribution in [0.5, 0.6) is 0 Å². The number of non-ortho nitro benzene ring substituents is 1. The van der Waals surface area contributed by atoms with Gasteiger partial charge in [-0.05, 0) is 77.7 Å². The summed E-state index contributed by atoms with van der Waals surface area (Å²) in [5.41, 5.74) is 15.2. The second-order valence-electron chi connectivity index (χ2n) is 11.9. The molecule has 47 heavy (non-hydrogen) atoms. The molecule has 3 amide bonds. The molecule has 13 nitrogen and oxygen atoms in total. The molecular weight excluding hydrogens is 600 g/mol. The first-order chi connectivity index (χ1) is 22.1. The first-order valence-corrected chi connectivity index (χ1v) is 14.8. The van der Waals surface area contributed by atoms with Crippen molar-refractivity contribution in [2.45, 2.75) is 39.3 Å². The number of Topliss-reactive ketones (excluding diaryl/α,β-unsaturated/α-hetero) is 1. The smallest absolute Gasteiger partial charge is 0.318 e. The van der Waals surface area contributed by atoms with Crippen LogP contribution in [-0.2, 0) is 4.79 Å². The summed E-state index contributed by atoms with van der Waals surface area (Å²) in [6, 6.07) is 21.3. The fourth-order valence-electron chi connectivity index (χ4n) is 4.81. The largest absolute Gasteiger partial charge is 0.400 e. The van der Waals surface area contributed by atoms with E-state index >= 15 is 0 Å². The van der Waals surface area contributed by atoms with E-state index in [9.17, 15) is 24.5 Å². The Morgan fingerprint density at radius 2 is 1.64 bits per heavy atom. The van der Waals surface area contributed by atoms with Gasteiger partial charge in [0.1, 0.15) is 11.6 Å². The van der Waals surface area contributed by atoms with Gasteiger partial charge in [-0.1, -0.05) is 36.4 Å². The molecule has 0 bridgehead atoms. The molecule has 0 aromatic heterocycles. The highest BCUT2D eigenvalue weighted by atomic mass is 16.6. The zero-order chi connectivity index (χ0) is 34.9. The zero-order valence-electron chi connectivity index (χ0n) is 27.5. The van der Waals surface area contributed by atoms with Crippen LogP contribution in [0.4, 0.5) is 21.9 Å². The summed E-state index contributed by atoms with van der Waals surface area (Å²) in [5.74, 6) is -0.106. The van der Waals surface area contributed by atoms with Gasteiger partial charge in [0, 0.05) is 41.2 Å². The molecule has 1 heterocycles. The topological polar surface area (TPSA) is 189 Å². The number of carbonyl (C=O) groups excluding carboxylic acids is 3. The highest BCUT2D eigenvalue weighted by Gasteiger charge is 2.42. The standard InChI is InChI=1S/C31H36N8O4.C3H6O/c1-31(2)27(32)25(18-38(31)30(41)36-26(19-37(3)4)20-9-6-5-7-10-20)28(33)34-22-11-8-12-23(17-22)35-29(40)21-13-15-24(16-14-21)39(42)43;1-3(2)4/h5-17,26H,18-19,32H2,1-4H3,(H2,33,34)(H,35,40)(H,36,41);1-2H3/t26-;/m1./s1. The Morgan fingerprint density at radius 1 is 1.02 bits per heavy atom. The molecule has 3 aromatic carbocycles. The lowest BCUT2D eigenvalue weighted by molar-refractivity contribution is -0.384. The number of nitrogens with two attached hydrogens (primary N) is 2. The molecule has 248 valence electrons. The van der Waals surface area contributed by atoms with Crippen LogP contribution in [0.1, 0.15) is 49.7 Å². The number of rotatable bonds is 9. The molecule has 6 N–H and O–H groups in total. The Kier molecular flexibility index (Phi) is 11.9. The van der Waals surface area contributed by atoms with E-state index < -0.39 is 16.4 Å². The summed E-state index contributed by atoms with van der Waals surface area (Å²) in [6.45, 7) is 7.56. The number of amidine groups is 1. The second-order valence-corrected chi connectivity index (χ2v) is 11.9. The molecule has 1 aliphatic heterocycles. The minimum atomic E-state index is -0.820. The number of likely N-dealkylation sites (N-methyl/N-ethyl adjacent to an activating group) is 1. The van der Waals surface area contributed by atoms with Crippen molar-refractivity contribution in [3.05, 3.63) is 111 Å². The maximum absolute atomic E-state index is 13.6. The van der Waals surface area contributed by atoms with Gasteiger partial charge in [0.05, 0.1) is 28.7 Å². The number of hydrogen-bond donors (Lipinski definition) is 4. The first-order valence-electron chi connectivity index (χ1n) is 14.8. The van der Waals surface area contributed by atoms with Gasteiger partial charge in [-0.25, -0.2) is 9.79 Å². The number of anilines is 1. The quantitative estimate of drug-likeness (QED) is 0.111. The van der Waals surface area contributed by atoms with Crippen LogP contribution in [0, 0.1) is 10.1 Å². The summed E-state index contributed by atoms with van der Waals surface area (Å²) in [5, 5.41) is 16.8. The van der Waals surface area contributed by atoms with Gasteiger partial charge < -0.3 is 36.7 Å². The third-order valence-corrected chi connectivity index (χ3v) is 7.27. The van der Waals surface area contributed by atoms with E-state index in [0.29, 0.717) is 29.2 Å². The first kappa shape index (κ1) is 35.9. The van der Waals surface area contributed by atoms with Crippen LogP contribution in [0.25, 0.3) is 0 Å². The van der Waals surface area contributed by atoms with E-state index in [2.05, 4.69) is 15.6 Å². The third-order valence-electron chi connectivity index (χ3n) is 7.27. The number of nitro groups is 1. The van der Waals surface area contributed by atoms with E-state index in [1.165, 1.54) is 38.1 Å². The van der Waals surface area contributed by atoms with Crippen molar-refractivity contribution in [2.24, 2.45) is 16.5 Å². The van der Waals surface area contributed by atoms with Crippen molar-refractivity contribution in [1.82, 2.24) is 15.1 Å². The summed E-state index contributed by atoms with van der Waals surface area (Å²) in [7, 11) is 3.90. The van der Waals surface area contributed by atoms with E-state index in [1.54, 1.807) is 29.2 Å². The minimum Gasteiger partial charge on any atom is -0.400 e. The van der Waals surface area contributed by atoms with Crippen molar-refractivity contribution in [1.29, 1.82) is 0 Å². The molecular formula is C34H42N8O5. The number of aliphatic imine (C=N–C) groups is 1. The Bertz CT molecular complexity index is 1660. The van der Waals surface area contributed by atoms with E-state index in [-0.39, 0.29) is 41.5 Å². The molecule has 0 spiro atoms. The molecule has 4 rings (SSSR count). The van der Waals surface area contributed by atoms with Crippen molar-refractivity contribution in [3.63, 3.8) is 0 Å². The van der Waals surface area contributed by atoms with E-state index in [0.717, 1.165) is 5.56 Å². The van der Waals surface area contributed by atoms with Crippen LogP contribution in [0.15, 0.2) is 95.1 Å². The normalized spacial score (nSPS) is 14.6. The van der Waals surface area contributed by atoms with Gasteiger partial charge in [0.25, 0.3) is 11.6 Å². The lowest BCUT2D eigenvalue weighted by Gasteiger charge is -2.35. The summed E-state index contributed by atoms with van der Waals surface area (Å²) < 4.78 is 0. The van der Waals surface area contributed by atoms with Crippen LogP contribution >= 0.6 is 0 Å². The fourth-order valence-corrected chi connectivity index (χ4v) is 4.81. The SMILES string of the molecule is CC(C)=O.CN(C)C[C@@H](NC(=O)N1CC(C(N)=Nc2cccc(NC(=O)c3ccc([N+](=O)[O-])cc3)c2)=C(N)C1(C)C)c1ccccc1. The van der Waals surface area contributed by atoms with Gasteiger partial charge in [0.2, 0.25) is 0 Å². The highest BCUT2D eigenvalue weighted by molar-refractivity contribution is 6.05. The Balaban J connectivity index is 0.00000142. The molecule has 13 heteroatoms. The predicted octanol–water partition coefficient (Wildman–Crippen LogP) is 4.75. The molecule has 3 aromatic rings. The minimum absolute atomic E-state index is 0.104. The Labute approximate surface area is 274 Å². The number of nitrogens with zero attached hydrogens (tertiary/aromatic N) is 4. The molecule has 0 saturated heterocycles. The number of nitro benzene ring substituents is 1. The molecule has 0 aliphatic carbocycles. The molecule has 1 atom stereocenters. The van der Waals surface area contributed by atoms with Crippen molar-refractivity contribution in [2.75, 3.05) is 32.5 Å². The average molecular weight is 643 g/mol. The number of urea groups is 1. The zero-order valence-corrected chi connectivity index (χ0v) is 27.5. The van der Waals surface area contributed by atoms with Gasteiger partial charge in [-0.2, -0.15) is 0 Å². The number of ketones is 1. The highest BCUT2D eigenvalue weighted by Crippen LogP contribution is 2.32. The molecule has 0 unspecified atom stereocenters. The van der Waals surface area contributed by atoms with Crippen molar-refractivity contribution >= 4 is 40.6 Å². The van der Waals surface area contributed by atoms with Gasteiger partial charge in [-0.3, -0.25) is 14.9 Å². The molecule has 0 fully saturated rings. The number of nitrogens with one attached hydrogen (secondary N) is 2. The number of carbonyl (C=O) groups is 3.